The largest absolute Gasteiger partial charge is 0.496 e. The Balaban J connectivity index is 1.92. The van der Waals surface area contributed by atoms with Crippen LogP contribution in [-0.4, -0.2) is 17.6 Å². The van der Waals surface area contributed by atoms with Crippen LogP contribution in [0.2, 0.25) is 0 Å². The molecule has 3 aromatic carbocycles. The minimum absolute atomic E-state index is 0.126. The summed E-state index contributed by atoms with van der Waals surface area (Å²) in [7, 11) is 1.56. The van der Waals surface area contributed by atoms with E-state index in [1.165, 1.54) is 4.57 Å². The summed E-state index contributed by atoms with van der Waals surface area (Å²) < 4.78 is 7.47. The van der Waals surface area contributed by atoms with E-state index in [-0.39, 0.29) is 21.8 Å². The average Bonchev–Trinajstić information content (AvgIpc) is 3.21. The number of carbonyl (C=O) groups is 1. The Hall–Kier alpha value is -4.41. The summed E-state index contributed by atoms with van der Waals surface area (Å²) in [6.07, 6.45) is 1.72. The number of thiazole rings is 1. The summed E-state index contributed by atoms with van der Waals surface area (Å²) in [5, 5.41) is 12.9. The molecule has 0 aliphatic rings. The first kappa shape index (κ1) is 23.7. The van der Waals surface area contributed by atoms with Crippen LogP contribution in [0.1, 0.15) is 24.1 Å². The normalized spacial score (nSPS) is 13.0. The summed E-state index contributed by atoms with van der Waals surface area (Å²) >= 11 is 1.10. The molecule has 0 fully saturated rings. The van der Waals surface area contributed by atoms with E-state index in [2.05, 4.69) is 5.32 Å². The molecule has 0 saturated carbocycles. The van der Waals surface area contributed by atoms with Crippen molar-refractivity contribution in [2.75, 3.05) is 7.11 Å². The summed E-state index contributed by atoms with van der Waals surface area (Å²) in [6.45, 7) is 1.85. The van der Waals surface area contributed by atoms with Crippen molar-refractivity contribution >= 4 is 28.9 Å². The molecule has 1 atom stereocenters. The molecule has 6 nitrogen and oxygen atoms in total. The third-order valence-electron chi connectivity index (χ3n) is 5.46. The quantitative estimate of drug-likeness (QED) is 0.458. The number of hydrogen-bond acceptors (Lipinski definition) is 5. The Bertz CT molecular complexity index is 1570. The number of methoxy groups -OCH3 is 1. The second kappa shape index (κ2) is 10.7. The maximum absolute atomic E-state index is 13.5. The van der Waals surface area contributed by atoms with E-state index in [9.17, 15) is 14.9 Å². The fraction of sp³-hybridized carbons (Fsp3) is 0.107. The SMILES string of the molecule is COc1ccccc1/C=c1/s/c(=C(/C#N)C(=O)N[C@H](C)c2ccccc2)n(-c2ccccc2)c1=O. The second-order valence-electron chi connectivity index (χ2n) is 7.73. The number of carbonyl (C=O) groups excluding carboxylic acids is 1. The van der Waals surface area contributed by atoms with Crippen molar-refractivity contribution in [2.45, 2.75) is 13.0 Å². The Morgan fingerprint density at radius 2 is 1.66 bits per heavy atom. The van der Waals surface area contributed by atoms with E-state index < -0.39 is 5.91 Å². The predicted molar refractivity (Wildman–Crippen MR) is 138 cm³/mol. The number of nitriles is 1. The molecule has 174 valence electrons. The van der Waals surface area contributed by atoms with Gasteiger partial charge in [-0.05, 0) is 36.8 Å². The van der Waals surface area contributed by atoms with Crippen molar-refractivity contribution in [3.05, 3.63) is 116 Å². The van der Waals surface area contributed by atoms with Gasteiger partial charge < -0.3 is 10.1 Å². The van der Waals surface area contributed by atoms with Crippen LogP contribution in [0.4, 0.5) is 0 Å². The van der Waals surface area contributed by atoms with Gasteiger partial charge in [0.2, 0.25) is 0 Å². The van der Waals surface area contributed by atoms with Gasteiger partial charge in [-0.1, -0.05) is 66.7 Å². The van der Waals surface area contributed by atoms with Crippen molar-refractivity contribution in [2.24, 2.45) is 0 Å². The molecule has 1 N–H and O–H groups in total. The highest BCUT2D eigenvalue weighted by molar-refractivity contribution is 7.07. The molecule has 0 unspecified atom stereocenters. The third kappa shape index (κ3) is 5.08. The van der Waals surface area contributed by atoms with Gasteiger partial charge in [0.15, 0.2) is 5.57 Å². The van der Waals surface area contributed by atoms with Gasteiger partial charge in [-0.2, -0.15) is 5.26 Å². The van der Waals surface area contributed by atoms with Crippen molar-refractivity contribution < 1.29 is 9.53 Å². The van der Waals surface area contributed by atoms with E-state index in [4.69, 9.17) is 4.74 Å². The van der Waals surface area contributed by atoms with Crippen LogP contribution in [0, 0.1) is 11.3 Å². The lowest BCUT2D eigenvalue weighted by Gasteiger charge is -2.13. The fourth-order valence-corrected chi connectivity index (χ4v) is 4.77. The van der Waals surface area contributed by atoms with Crippen molar-refractivity contribution in [1.82, 2.24) is 9.88 Å². The molecule has 35 heavy (non-hydrogen) atoms. The van der Waals surface area contributed by atoms with Crippen LogP contribution in [0.15, 0.2) is 89.7 Å². The van der Waals surface area contributed by atoms with Gasteiger partial charge in [-0.15, -0.1) is 11.3 Å². The van der Waals surface area contributed by atoms with Crippen LogP contribution in [0.3, 0.4) is 0 Å². The van der Waals surface area contributed by atoms with Gasteiger partial charge in [-0.3, -0.25) is 14.2 Å². The third-order valence-corrected chi connectivity index (χ3v) is 6.56. The lowest BCUT2D eigenvalue weighted by molar-refractivity contribution is -0.116. The highest BCUT2D eigenvalue weighted by atomic mass is 32.1. The minimum Gasteiger partial charge on any atom is -0.496 e. The van der Waals surface area contributed by atoms with Crippen LogP contribution in [0.25, 0.3) is 17.3 Å². The Kier molecular flexibility index (Phi) is 7.24. The lowest BCUT2D eigenvalue weighted by Crippen LogP contribution is -2.34. The number of nitrogens with zero attached hydrogens (tertiary/aromatic N) is 2. The van der Waals surface area contributed by atoms with Gasteiger partial charge in [0.1, 0.15) is 16.5 Å². The van der Waals surface area contributed by atoms with Gasteiger partial charge >= 0.3 is 0 Å². The molecule has 0 aliphatic carbocycles. The fourth-order valence-electron chi connectivity index (χ4n) is 3.68. The smallest absolute Gasteiger partial charge is 0.273 e. The van der Waals surface area contributed by atoms with Crippen LogP contribution in [0.5, 0.6) is 5.75 Å². The number of ether oxygens (including phenoxy) is 1. The van der Waals surface area contributed by atoms with E-state index in [1.807, 2.05) is 67.6 Å². The van der Waals surface area contributed by atoms with Crippen molar-refractivity contribution in [3.8, 4) is 17.5 Å². The molecule has 0 bridgehead atoms. The van der Waals surface area contributed by atoms with Crippen LogP contribution in [-0.2, 0) is 4.79 Å². The molecule has 1 aromatic heterocycles. The first-order valence-electron chi connectivity index (χ1n) is 11.0. The summed E-state index contributed by atoms with van der Waals surface area (Å²) in [4.78, 5) is 26.7. The topological polar surface area (TPSA) is 84.1 Å². The molecule has 4 aromatic rings. The molecule has 0 saturated heterocycles. The number of rotatable bonds is 6. The number of para-hydroxylation sites is 2. The lowest BCUT2D eigenvalue weighted by atomic mass is 10.1. The van der Waals surface area contributed by atoms with E-state index in [0.717, 1.165) is 22.5 Å². The molecule has 7 heteroatoms. The first-order chi connectivity index (χ1) is 17.0. The van der Waals surface area contributed by atoms with Crippen molar-refractivity contribution in [3.63, 3.8) is 0 Å². The van der Waals surface area contributed by atoms with E-state index in [0.29, 0.717) is 16.0 Å². The summed E-state index contributed by atoms with van der Waals surface area (Å²) in [5.41, 5.74) is 1.76. The molecular weight excluding hydrogens is 458 g/mol. The zero-order chi connectivity index (χ0) is 24.8. The molecule has 0 radical (unpaired) electrons. The predicted octanol–water partition coefficient (Wildman–Crippen LogP) is 3.29. The van der Waals surface area contributed by atoms with Gasteiger partial charge in [0.25, 0.3) is 11.5 Å². The maximum atomic E-state index is 13.5. The van der Waals surface area contributed by atoms with Gasteiger partial charge in [-0.25, -0.2) is 0 Å². The zero-order valence-corrected chi connectivity index (χ0v) is 20.1. The standard InChI is InChI=1S/C28H23N3O3S/c1-19(20-11-5-3-6-12-20)30-26(32)23(18-29)28-31(22-14-7-4-8-15-22)27(33)25(35-28)17-21-13-9-10-16-24(21)34-2/h3-17,19H,1-2H3,(H,30,32)/b25-17+,28-23-/t19-/m1/s1. The highest BCUT2D eigenvalue weighted by Gasteiger charge is 2.19. The number of hydrogen-bond donors (Lipinski definition) is 1. The summed E-state index contributed by atoms with van der Waals surface area (Å²) in [5.74, 6) is 0.0747. The average molecular weight is 482 g/mol. The number of benzene rings is 3. The molecule has 0 spiro atoms. The van der Waals surface area contributed by atoms with Crippen molar-refractivity contribution in [1.29, 1.82) is 5.26 Å². The van der Waals surface area contributed by atoms with Crippen LogP contribution < -0.4 is 24.8 Å². The zero-order valence-electron chi connectivity index (χ0n) is 19.3. The van der Waals surface area contributed by atoms with Crippen LogP contribution >= 0.6 is 11.3 Å². The number of aromatic nitrogens is 1. The minimum atomic E-state index is -0.543. The Morgan fingerprint density at radius 1 is 1.03 bits per heavy atom. The maximum Gasteiger partial charge on any atom is 0.273 e. The second-order valence-corrected chi connectivity index (χ2v) is 8.76. The van der Waals surface area contributed by atoms with E-state index in [1.54, 1.807) is 43.5 Å². The Labute approximate surface area is 206 Å². The first-order valence-corrected chi connectivity index (χ1v) is 11.8. The monoisotopic (exact) mass is 481 g/mol. The molecule has 4 rings (SSSR count). The molecule has 0 aliphatic heterocycles. The van der Waals surface area contributed by atoms with Gasteiger partial charge in [0.05, 0.1) is 23.4 Å². The highest BCUT2D eigenvalue weighted by Crippen LogP contribution is 2.17. The molecule has 1 heterocycles. The number of amides is 1. The molecule has 1 amide bonds. The number of nitrogens with one attached hydrogen (secondary N) is 1. The molecular formula is C28H23N3O3S. The summed E-state index contributed by atoms with van der Waals surface area (Å²) in [6, 6.07) is 27.5. The Morgan fingerprint density at radius 3 is 2.31 bits per heavy atom. The van der Waals surface area contributed by atoms with E-state index >= 15 is 0 Å². The van der Waals surface area contributed by atoms with Gasteiger partial charge in [0, 0.05) is 5.56 Å².